The molecule has 6 heteroatoms. The van der Waals surface area contributed by atoms with E-state index in [2.05, 4.69) is 23.1 Å². The molecule has 0 N–H and O–H groups in total. The number of ether oxygens (including phenoxy) is 1. The van der Waals surface area contributed by atoms with E-state index in [4.69, 9.17) is 4.74 Å². The zero-order chi connectivity index (χ0) is 27.0. The van der Waals surface area contributed by atoms with Gasteiger partial charge in [-0.05, 0) is 81.7 Å². The molecule has 6 nitrogen and oxygen atoms in total. The van der Waals surface area contributed by atoms with Crippen molar-refractivity contribution < 1.29 is 14.3 Å². The minimum Gasteiger partial charge on any atom is -0.492 e. The summed E-state index contributed by atoms with van der Waals surface area (Å²) in [6, 6.07) is 14.2. The zero-order valence-corrected chi connectivity index (χ0v) is 23.7. The largest absolute Gasteiger partial charge is 0.492 e. The SMILES string of the molecule is CCOc1ccc(C(=O)N2CCCCCCCCN(C(=O)C3CC3)c3ccccc3C2)cc1N1CCCCC1. The standard InChI is InChI=1S/C33H45N3O3/c1-2-39-31-19-18-27(24-30(31)34-20-11-7-12-21-34)32(37)35-22-10-5-3-4-6-13-23-36(33(38)26-16-17-26)29-15-9-8-14-28(29)25-35/h8-9,14-15,18-19,24,26H,2-7,10-13,16-17,20-23,25H2,1H3. The van der Waals surface area contributed by atoms with Crippen LogP contribution in [-0.2, 0) is 11.3 Å². The third-order valence-electron chi connectivity index (χ3n) is 8.39. The Morgan fingerprint density at radius 1 is 0.795 bits per heavy atom. The summed E-state index contributed by atoms with van der Waals surface area (Å²) in [4.78, 5) is 33.9. The van der Waals surface area contributed by atoms with Crippen LogP contribution >= 0.6 is 0 Å². The summed E-state index contributed by atoms with van der Waals surface area (Å²) in [5.41, 5.74) is 3.79. The van der Waals surface area contributed by atoms with Gasteiger partial charge < -0.3 is 19.4 Å². The van der Waals surface area contributed by atoms with Crippen molar-refractivity contribution in [1.82, 2.24) is 4.90 Å². The van der Waals surface area contributed by atoms with Crippen molar-refractivity contribution in [1.29, 1.82) is 0 Å². The highest BCUT2D eigenvalue weighted by atomic mass is 16.5. The van der Waals surface area contributed by atoms with E-state index < -0.39 is 0 Å². The molecule has 5 rings (SSSR count). The molecule has 0 radical (unpaired) electrons. The molecule has 2 fully saturated rings. The minimum absolute atomic E-state index is 0.0565. The number of carbonyl (C=O) groups excluding carboxylic acids is 2. The summed E-state index contributed by atoms with van der Waals surface area (Å²) in [5, 5.41) is 0. The van der Waals surface area contributed by atoms with E-state index >= 15 is 0 Å². The molecule has 39 heavy (non-hydrogen) atoms. The molecular weight excluding hydrogens is 486 g/mol. The summed E-state index contributed by atoms with van der Waals surface area (Å²) in [5.74, 6) is 1.35. The van der Waals surface area contributed by atoms with Gasteiger partial charge in [0.1, 0.15) is 5.75 Å². The number of fused-ring (bicyclic) bond motifs is 1. The maximum Gasteiger partial charge on any atom is 0.254 e. The lowest BCUT2D eigenvalue weighted by atomic mass is 10.1. The molecule has 1 saturated heterocycles. The summed E-state index contributed by atoms with van der Waals surface area (Å²) >= 11 is 0. The van der Waals surface area contributed by atoms with E-state index in [0.29, 0.717) is 18.7 Å². The molecule has 2 aliphatic heterocycles. The zero-order valence-electron chi connectivity index (χ0n) is 23.7. The fourth-order valence-corrected chi connectivity index (χ4v) is 6.04. The Kier molecular flexibility index (Phi) is 9.44. The second-order valence-corrected chi connectivity index (χ2v) is 11.4. The molecule has 0 aromatic heterocycles. The molecule has 3 aliphatic rings. The van der Waals surface area contributed by atoms with E-state index in [9.17, 15) is 9.59 Å². The van der Waals surface area contributed by atoms with Crippen molar-refractivity contribution in [3.63, 3.8) is 0 Å². The maximum atomic E-state index is 14.1. The fourth-order valence-electron chi connectivity index (χ4n) is 6.04. The molecule has 210 valence electrons. The predicted molar refractivity (Wildman–Crippen MR) is 158 cm³/mol. The van der Waals surface area contributed by atoms with Crippen molar-refractivity contribution in [2.24, 2.45) is 5.92 Å². The number of para-hydroxylation sites is 1. The van der Waals surface area contributed by atoms with E-state index in [-0.39, 0.29) is 17.7 Å². The van der Waals surface area contributed by atoms with Crippen molar-refractivity contribution in [2.75, 3.05) is 42.6 Å². The lowest BCUT2D eigenvalue weighted by Crippen LogP contribution is -2.36. The van der Waals surface area contributed by atoms with E-state index in [1.165, 1.54) is 32.1 Å². The number of benzene rings is 2. The van der Waals surface area contributed by atoms with Gasteiger partial charge in [0.15, 0.2) is 0 Å². The van der Waals surface area contributed by atoms with E-state index in [0.717, 1.165) is 87.4 Å². The minimum atomic E-state index is 0.0565. The second kappa shape index (κ2) is 13.4. The molecule has 1 saturated carbocycles. The van der Waals surface area contributed by atoms with Gasteiger partial charge in [0.25, 0.3) is 5.91 Å². The number of carbonyl (C=O) groups is 2. The van der Waals surface area contributed by atoms with Crippen LogP contribution in [0, 0.1) is 5.92 Å². The third kappa shape index (κ3) is 6.95. The maximum absolute atomic E-state index is 14.1. The van der Waals surface area contributed by atoms with Crippen molar-refractivity contribution in [3.8, 4) is 5.75 Å². The smallest absolute Gasteiger partial charge is 0.254 e. The Hall–Kier alpha value is -3.02. The molecule has 1 aliphatic carbocycles. The molecule has 0 unspecified atom stereocenters. The first-order valence-electron chi connectivity index (χ1n) is 15.4. The second-order valence-electron chi connectivity index (χ2n) is 11.4. The molecule has 2 aromatic carbocycles. The third-order valence-corrected chi connectivity index (χ3v) is 8.39. The average molecular weight is 532 g/mol. The molecule has 0 spiro atoms. The van der Waals surface area contributed by atoms with Gasteiger partial charge in [0.2, 0.25) is 5.91 Å². The average Bonchev–Trinajstić information content (AvgIpc) is 3.82. The number of anilines is 2. The normalized spacial score (nSPS) is 19.4. The van der Waals surface area contributed by atoms with Gasteiger partial charge in [-0.15, -0.1) is 0 Å². The molecule has 0 bridgehead atoms. The Morgan fingerprint density at radius 2 is 1.46 bits per heavy atom. The molecule has 2 heterocycles. The van der Waals surface area contributed by atoms with Crippen molar-refractivity contribution >= 4 is 23.2 Å². The van der Waals surface area contributed by atoms with Crippen LogP contribution < -0.4 is 14.5 Å². The van der Waals surface area contributed by atoms with Crippen LogP contribution in [0.1, 0.15) is 93.5 Å². The van der Waals surface area contributed by atoms with Crippen LogP contribution in [0.15, 0.2) is 42.5 Å². The number of hydrogen-bond acceptors (Lipinski definition) is 4. The van der Waals surface area contributed by atoms with Gasteiger partial charge in [-0.2, -0.15) is 0 Å². The van der Waals surface area contributed by atoms with Gasteiger partial charge in [0.05, 0.1) is 12.3 Å². The summed E-state index contributed by atoms with van der Waals surface area (Å²) in [6.07, 6.45) is 12.2. The summed E-state index contributed by atoms with van der Waals surface area (Å²) < 4.78 is 5.98. The number of rotatable bonds is 5. The van der Waals surface area contributed by atoms with Crippen molar-refractivity contribution in [3.05, 3.63) is 53.6 Å². The predicted octanol–water partition coefficient (Wildman–Crippen LogP) is 6.82. The van der Waals surface area contributed by atoms with Crippen LogP contribution in [0.2, 0.25) is 0 Å². The van der Waals surface area contributed by atoms with Gasteiger partial charge in [-0.3, -0.25) is 9.59 Å². The van der Waals surface area contributed by atoms with Crippen LogP contribution in [0.5, 0.6) is 5.75 Å². The Labute approximate surface area is 234 Å². The van der Waals surface area contributed by atoms with Gasteiger partial charge in [0, 0.05) is 49.9 Å². The van der Waals surface area contributed by atoms with Crippen LogP contribution in [-0.4, -0.2) is 49.5 Å². The van der Waals surface area contributed by atoms with Crippen LogP contribution in [0.4, 0.5) is 11.4 Å². The lowest BCUT2D eigenvalue weighted by molar-refractivity contribution is -0.119. The number of hydrogen-bond donors (Lipinski definition) is 0. The molecule has 0 atom stereocenters. The van der Waals surface area contributed by atoms with Crippen LogP contribution in [0.3, 0.4) is 0 Å². The molecular formula is C33H45N3O3. The molecule has 2 amide bonds. The topological polar surface area (TPSA) is 53.1 Å². The van der Waals surface area contributed by atoms with Gasteiger partial charge >= 0.3 is 0 Å². The first kappa shape index (κ1) is 27.5. The first-order chi connectivity index (χ1) is 19.2. The monoisotopic (exact) mass is 531 g/mol. The Bertz CT molecular complexity index is 1120. The number of nitrogens with zero attached hydrogens (tertiary/aromatic N) is 3. The van der Waals surface area contributed by atoms with Gasteiger partial charge in [-0.25, -0.2) is 0 Å². The number of amides is 2. The van der Waals surface area contributed by atoms with Crippen molar-refractivity contribution in [2.45, 2.75) is 84.1 Å². The summed E-state index contributed by atoms with van der Waals surface area (Å²) in [7, 11) is 0. The quantitative estimate of drug-likeness (QED) is 0.425. The molecule has 2 aromatic rings. The van der Waals surface area contributed by atoms with E-state index in [1.54, 1.807) is 0 Å². The highest BCUT2D eigenvalue weighted by Crippen LogP contribution is 2.35. The highest BCUT2D eigenvalue weighted by molar-refractivity contribution is 5.98. The lowest BCUT2D eigenvalue weighted by Gasteiger charge is -2.31. The highest BCUT2D eigenvalue weighted by Gasteiger charge is 2.34. The van der Waals surface area contributed by atoms with E-state index in [1.807, 2.05) is 41.0 Å². The first-order valence-corrected chi connectivity index (χ1v) is 15.4. The van der Waals surface area contributed by atoms with Gasteiger partial charge in [-0.1, -0.05) is 43.9 Å². The fraction of sp³-hybridized carbons (Fsp3) is 0.576. The number of piperidine rings is 1. The van der Waals surface area contributed by atoms with Crippen LogP contribution in [0.25, 0.3) is 0 Å². The Balaban J connectivity index is 1.45. The Morgan fingerprint density at radius 3 is 2.21 bits per heavy atom. The summed E-state index contributed by atoms with van der Waals surface area (Å²) in [6.45, 7) is 6.60.